The van der Waals surface area contributed by atoms with Gasteiger partial charge in [0.05, 0.1) is 12.7 Å². The molecule has 0 aromatic carbocycles. The Kier molecular flexibility index (Phi) is 3.53. The van der Waals surface area contributed by atoms with Gasteiger partial charge >= 0.3 is 0 Å². The molecule has 1 saturated carbocycles. The van der Waals surface area contributed by atoms with Crippen LogP contribution in [0.2, 0.25) is 0 Å². The highest BCUT2D eigenvalue weighted by atomic mass is 16.2. The van der Waals surface area contributed by atoms with Crippen LogP contribution >= 0.6 is 0 Å². The molecule has 0 aromatic rings. The molecule has 1 saturated heterocycles. The molecule has 0 radical (unpaired) electrons. The van der Waals surface area contributed by atoms with Gasteiger partial charge in [-0.05, 0) is 31.1 Å². The number of nitrogens with one attached hydrogen (secondary N) is 1. The second-order valence-electron chi connectivity index (χ2n) is 5.80. The molecule has 3 nitrogen and oxygen atoms in total. The summed E-state index contributed by atoms with van der Waals surface area (Å²) in [6.07, 6.45) is 5.13. The predicted octanol–water partition coefficient (Wildman–Crippen LogP) is 1.98. The molecule has 1 aliphatic carbocycles. The van der Waals surface area contributed by atoms with Gasteiger partial charge in [0.15, 0.2) is 0 Å². The Bertz CT molecular complexity index is 265. The summed E-state index contributed by atoms with van der Waals surface area (Å²) in [6.45, 7) is 7.28. The number of carbonyl (C=O) groups is 1. The van der Waals surface area contributed by atoms with E-state index in [9.17, 15) is 4.79 Å². The van der Waals surface area contributed by atoms with Crippen molar-refractivity contribution in [3.63, 3.8) is 0 Å². The summed E-state index contributed by atoms with van der Waals surface area (Å²) >= 11 is 0. The Hall–Kier alpha value is -0.570. The SMILES string of the molecule is CC(C)CC1NCC(=O)N1C1CCCC1C. The molecular weight excluding hydrogens is 200 g/mol. The molecule has 92 valence electrons. The Morgan fingerprint density at radius 1 is 1.44 bits per heavy atom. The summed E-state index contributed by atoms with van der Waals surface area (Å²) in [5, 5.41) is 3.36. The molecule has 2 aliphatic rings. The molecule has 3 unspecified atom stereocenters. The van der Waals surface area contributed by atoms with Crippen molar-refractivity contribution < 1.29 is 4.79 Å². The topological polar surface area (TPSA) is 32.3 Å². The second kappa shape index (κ2) is 4.74. The van der Waals surface area contributed by atoms with Gasteiger partial charge in [-0.3, -0.25) is 10.1 Å². The van der Waals surface area contributed by atoms with Crippen molar-refractivity contribution in [2.75, 3.05) is 6.54 Å². The average Bonchev–Trinajstić information content (AvgIpc) is 2.73. The highest BCUT2D eigenvalue weighted by Crippen LogP contribution is 2.32. The molecule has 0 bridgehead atoms. The van der Waals surface area contributed by atoms with E-state index < -0.39 is 0 Å². The van der Waals surface area contributed by atoms with Crippen LogP contribution in [0, 0.1) is 11.8 Å². The molecule has 3 heteroatoms. The Morgan fingerprint density at radius 3 is 2.75 bits per heavy atom. The molecule has 0 spiro atoms. The summed E-state index contributed by atoms with van der Waals surface area (Å²) in [7, 11) is 0. The van der Waals surface area contributed by atoms with Crippen LogP contribution in [0.15, 0.2) is 0 Å². The van der Waals surface area contributed by atoms with Crippen molar-refractivity contribution in [1.82, 2.24) is 10.2 Å². The summed E-state index contributed by atoms with van der Waals surface area (Å²) in [5.41, 5.74) is 0. The van der Waals surface area contributed by atoms with Crippen molar-refractivity contribution >= 4 is 5.91 Å². The Labute approximate surface area is 98.6 Å². The minimum Gasteiger partial charge on any atom is -0.323 e. The first kappa shape index (κ1) is 11.9. The maximum absolute atomic E-state index is 12.0. The van der Waals surface area contributed by atoms with Crippen molar-refractivity contribution in [1.29, 1.82) is 0 Å². The summed E-state index contributed by atoms with van der Waals surface area (Å²) in [4.78, 5) is 14.1. The van der Waals surface area contributed by atoms with Gasteiger partial charge in [-0.15, -0.1) is 0 Å². The lowest BCUT2D eigenvalue weighted by atomic mass is 10.0. The van der Waals surface area contributed by atoms with E-state index in [0.29, 0.717) is 30.3 Å². The van der Waals surface area contributed by atoms with E-state index in [1.165, 1.54) is 19.3 Å². The van der Waals surface area contributed by atoms with Crippen LogP contribution < -0.4 is 5.32 Å². The number of hydrogen-bond acceptors (Lipinski definition) is 2. The standard InChI is InChI=1S/C13H24N2O/c1-9(2)7-12-14-8-13(16)15(12)11-6-4-5-10(11)3/h9-12,14H,4-8H2,1-3H3. The first-order valence-corrected chi connectivity index (χ1v) is 6.64. The molecule has 16 heavy (non-hydrogen) atoms. The number of carbonyl (C=O) groups excluding carboxylic acids is 1. The highest BCUT2D eigenvalue weighted by molar-refractivity contribution is 5.81. The van der Waals surface area contributed by atoms with Crippen molar-refractivity contribution in [2.24, 2.45) is 11.8 Å². The fourth-order valence-corrected chi connectivity index (χ4v) is 3.17. The third kappa shape index (κ3) is 2.24. The van der Waals surface area contributed by atoms with E-state index in [2.05, 4.69) is 31.0 Å². The lowest BCUT2D eigenvalue weighted by molar-refractivity contribution is -0.131. The van der Waals surface area contributed by atoms with Gasteiger partial charge in [0.1, 0.15) is 0 Å². The van der Waals surface area contributed by atoms with Gasteiger partial charge in [0.2, 0.25) is 5.91 Å². The van der Waals surface area contributed by atoms with Gasteiger partial charge < -0.3 is 4.90 Å². The minimum atomic E-state index is 0.290. The normalized spacial score (nSPS) is 35.4. The molecule has 0 aromatic heterocycles. The molecular formula is C13H24N2O. The third-order valence-electron chi connectivity index (χ3n) is 3.98. The molecule has 1 heterocycles. The van der Waals surface area contributed by atoms with Gasteiger partial charge in [0.25, 0.3) is 0 Å². The van der Waals surface area contributed by atoms with Crippen LogP contribution in [0.5, 0.6) is 0 Å². The molecule has 2 fully saturated rings. The van der Waals surface area contributed by atoms with Crippen LogP contribution in [0.1, 0.15) is 46.5 Å². The maximum atomic E-state index is 12.0. The van der Waals surface area contributed by atoms with Gasteiger partial charge in [0, 0.05) is 6.04 Å². The Balaban J connectivity index is 2.06. The summed E-state index contributed by atoms with van der Waals surface area (Å²) in [5.74, 6) is 1.63. The highest BCUT2D eigenvalue weighted by Gasteiger charge is 2.39. The number of nitrogens with zero attached hydrogens (tertiary/aromatic N) is 1. The van der Waals surface area contributed by atoms with Crippen LogP contribution in [0.3, 0.4) is 0 Å². The minimum absolute atomic E-state index is 0.290. The Morgan fingerprint density at radius 2 is 2.19 bits per heavy atom. The van der Waals surface area contributed by atoms with E-state index in [4.69, 9.17) is 0 Å². The summed E-state index contributed by atoms with van der Waals surface area (Å²) in [6, 6.07) is 0.492. The molecule has 1 amide bonds. The number of hydrogen-bond donors (Lipinski definition) is 1. The second-order valence-corrected chi connectivity index (χ2v) is 5.80. The fourth-order valence-electron chi connectivity index (χ4n) is 3.17. The van der Waals surface area contributed by atoms with Crippen LogP contribution in [0.25, 0.3) is 0 Å². The van der Waals surface area contributed by atoms with Gasteiger partial charge in [-0.2, -0.15) is 0 Å². The van der Waals surface area contributed by atoms with Crippen molar-refractivity contribution in [3.05, 3.63) is 0 Å². The van der Waals surface area contributed by atoms with E-state index in [1.54, 1.807) is 0 Å². The van der Waals surface area contributed by atoms with Crippen LogP contribution in [-0.2, 0) is 4.79 Å². The van der Waals surface area contributed by atoms with Gasteiger partial charge in [-0.1, -0.05) is 27.2 Å². The maximum Gasteiger partial charge on any atom is 0.238 e. The predicted molar refractivity (Wildman–Crippen MR) is 64.9 cm³/mol. The van der Waals surface area contributed by atoms with E-state index >= 15 is 0 Å². The van der Waals surface area contributed by atoms with Crippen LogP contribution in [-0.4, -0.2) is 29.6 Å². The zero-order valence-corrected chi connectivity index (χ0v) is 10.7. The molecule has 1 N–H and O–H groups in total. The quantitative estimate of drug-likeness (QED) is 0.795. The number of rotatable bonds is 3. The first-order valence-electron chi connectivity index (χ1n) is 6.64. The largest absolute Gasteiger partial charge is 0.323 e. The van der Waals surface area contributed by atoms with E-state index in [0.717, 1.165) is 6.42 Å². The van der Waals surface area contributed by atoms with Crippen molar-refractivity contribution in [2.45, 2.75) is 58.7 Å². The summed E-state index contributed by atoms with van der Waals surface area (Å²) < 4.78 is 0. The lowest BCUT2D eigenvalue weighted by Crippen LogP contribution is -2.46. The zero-order valence-electron chi connectivity index (χ0n) is 10.7. The average molecular weight is 224 g/mol. The fraction of sp³-hybridized carbons (Fsp3) is 0.923. The first-order chi connectivity index (χ1) is 7.59. The van der Waals surface area contributed by atoms with Crippen LogP contribution in [0.4, 0.5) is 0 Å². The monoisotopic (exact) mass is 224 g/mol. The lowest BCUT2D eigenvalue weighted by Gasteiger charge is -2.33. The zero-order chi connectivity index (χ0) is 11.7. The molecule has 2 rings (SSSR count). The van der Waals surface area contributed by atoms with E-state index in [-0.39, 0.29) is 6.17 Å². The van der Waals surface area contributed by atoms with E-state index in [1.807, 2.05) is 0 Å². The smallest absolute Gasteiger partial charge is 0.238 e. The third-order valence-corrected chi connectivity index (χ3v) is 3.98. The van der Waals surface area contributed by atoms with Crippen molar-refractivity contribution in [3.8, 4) is 0 Å². The molecule has 3 atom stereocenters. The number of amides is 1. The molecule has 1 aliphatic heterocycles. The van der Waals surface area contributed by atoms with Gasteiger partial charge in [-0.25, -0.2) is 0 Å².